The van der Waals surface area contributed by atoms with Crippen LogP contribution in [0, 0.1) is 5.92 Å². The van der Waals surface area contributed by atoms with E-state index in [1.807, 2.05) is 24.5 Å². The fourth-order valence-corrected chi connectivity index (χ4v) is 1.75. The molecule has 0 unspecified atom stereocenters. The van der Waals surface area contributed by atoms with Crippen LogP contribution in [0.3, 0.4) is 0 Å². The maximum atomic E-state index is 11.5. The standard InChI is InChI=1S/C10H15N3O.ClH/c14-10(7-9-3-4-11-8-9)12-13-5-1-2-6-13;/h1-2,5-6,9,11H,3-4,7-8H2,(H,12,14);1H/t9-;/m0./s1. The van der Waals surface area contributed by atoms with E-state index in [9.17, 15) is 4.79 Å². The number of amides is 1. The lowest BCUT2D eigenvalue weighted by Crippen LogP contribution is -2.24. The van der Waals surface area contributed by atoms with Gasteiger partial charge in [-0.2, -0.15) is 0 Å². The first kappa shape index (κ1) is 12.1. The minimum absolute atomic E-state index is 0. The molecule has 0 radical (unpaired) electrons. The molecule has 1 saturated heterocycles. The Morgan fingerprint density at radius 3 is 2.80 bits per heavy atom. The van der Waals surface area contributed by atoms with E-state index in [-0.39, 0.29) is 18.3 Å². The number of nitrogens with one attached hydrogen (secondary N) is 2. The number of carbonyl (C=O) groups excluding carboxylic acids is 1. The molecule has 1 aromatic rings. The minimum Gasteiger partial charge on any atom is -0.316 e. The van der Waals surface area contributed by atoms with Crippen LogP contribution < -0.4 is 10.7 Å². The van der Waals surface area contributed by atoms with Crippen molar-refractivity contribution in [1.82, 2.24) is 9.99 Å². The van der Waals surface area contributed by atoms with Crippen LogP contribution in [0.5, 0.6) is 0 Å². The summed E-state index contributed by atoms with van der Waals surface area (Å²) in [5.41, 5.74) is 2.80. The number of hydrogen-bond donors (Lipinski definition) is 2. The van der Waals surface area contributed by atoms with Gasteiger partial charge in [0.05, 0.1) is 0 Å². The lowest BCUT2D eigenvalue weighted by atomic mass is 10.1. The number of nitrogens with zero attached hydrogens (tertiary/aromatic N) is 1. The van der Waals surface area contributed by atoms with Gasteiger partial charge in [0.1, 0.15) is 0 Å². The summed E-state index contributed by atoms with van der Waals surface area (Å²) >= 11 is 0. The van der Waals surface area contributed by atoms with Crippen LogP contribution in [0.25, 0.3) is 0 Å². The van der Waals surface area contributed by atoms with Gasteiger partial charge >= 0.3 is 0 Å². The van der Waals surface area contributed by atoms with Gasteiger partial charge in [0, 0.05) is 18.8 Å². The highest BCUT2D eigenvalue weighted by atomic mass is 35.5. The summed E-state index contributed by atoms with van der Waals surface area (Å²) in [5.74, 6) is 0.598. The molecule has 0 saturated carbocycles. The minimum atomic E-state index is 0. The molecule has 2 N–H and O–H groups in total. The van der Waals surface area contributed by atoms with E-state index < -0.39 is 0 Å². The van der Waals surface area contributed by atoms with Gasteiger partial charge in [-0.15, -0.1) is 12.4 Å². The van der Waals surface area contributed by atoms with E-state index in [2.05, 4.69) is 10.7 Å². The van der Waals surface area contributed by atoms with Gasteiger partial charge in [-0.25, -0.2) is 0 Å². The third kappa shape index (κ3) is 3.57. The van der Waals surface area contributed by atoms with Crippen molar-refractivity contribution in [3.05, 3.63) is 24.5 Å². The van der Waals surface area contributed by atoms with Crippen molar-refractivity contribution in [3.8, 4) is 0 Å². The van der Waals surface area contributed by atoms with Gasteiger partial charge in [0.15, 0.2) is 0 Å². The molecule has 15 heavy (non-hydrogen) atoms. The summed E-state index contributed by atoms with van der Waals surface area (Å²) in [6.45, 7) is 2.01. The van der Waals surface area contributed by atoms with Crippen LogP contribution in [-0.4, -0.2) is 23.7 Å². The first-order valence-corrected chi connectivity index (χ1v) is 4.98. The second-order valence-corrected chi connectivity index (χ2v) is 3.69. The zero-order valence-corrected chi connectivity index (χ0v) is 9.30. The summed E-state index contributed by atoms with van der Waals surface area (Å²) in [4.78, 5) is 11.5. The molecule has 1 amide bonds. The highest BCUT2D eigenvalue weighted by Gasteiger charge is 2.17. The molecule has 0 bridgehead atoms. The Bertz CT molecular complexity index is 294. The SMILES string of the molecule is Cl.O=C(C[C@@H]1CCNC1)Nn1cccc1. The normalized spacial score (nSPS) is 19.6. The molecule has 84 valence electrons. The van der Waals surface area contributed by atoms with E-state index in [0.29, 0.717) is 12.3 Å². The van der Waals surface area contributed by atoms with Crippen LogP contribution in [0.15, 0.2) is 24.5 Å². The fraction of sp³-hybridized carbons (Fsp3) is 0.500. The van der Waals surface area contributed by atoms with Crippen molar-refractivity contribution in [2.45, 2.75) is 12.8 Å². The third-order valence-corrected chi connectivity index (χ3v) is 2.49. The van der Waals surface area contributed by atoms with Gasteiger partial charge in [-0.1, -0.05) is 0 Å². The highest BCUT2D eigenvalue weighted by Crippen LogP contribution is 2.11. The molecule has 1 aliphatic rings. The molecule has 0 aromatic carbocycles. The lowest BCUT2D eigenvalue weighted by Gasteiger charge is -2.09. The zero-order valence-electron chi connectivity index (χ0n) is 8.48. The van der Waals surface area contributed by atoms with E-state index in [4.69, 9.17) is 0 Å². The van der Waals surface area contributed by atoms with E-state index in [1.54, 1.807) is 4.68 Å². The molecular weight excluding hydrogens is 214 g/mol. The molecule has 1 atom stereocenters. The van der Waals surface area contributed by atoms with Gasteiger partial charge in [0.2, 0.25) is 5.91 Å². The van der Waals surface area contributed by atoms with Crippen LogP contribution in [0.2, 0.25) is 0 Å². The van der Waals surface area contributed by atoms with E-state index in [0.717, 1.165) is 19.5 Å². The van der Waals surface area contributed by atoms with Crippen LogP contribution in [-0.2, 0) is 4.79 Å². The van der Waals surface area contributed by atoms with Crippen molar-refractivity contribution in [2.24, 2.45) is 5.92 Å². The van der Waals surface area contributed by atoms with Crippen molar-refractivity contribution in [2.75, 3.05) is 18.5 Å². The third-order valence-electron chi connectivity index (χ3n) is 2.49. The number of aromatic nitrogens is 1. The topological polar surface area (TPSA) is 46.1 Å². The van der Waals surface area contributed by atoms with Crippen LogP contribution in [0.4, 0.5) is 0 Å². The number of carbonyl (C=O) groups is 1. The molecule has 4 nitrogen and oxygen atoms in total. The number of rotatable bonds is 3. The quantitative estimate of drug-likeness (QED) is 0.812. The summed E-state index contributed by atoms with van der Waals surface area (Å²) in [6, 6.07) is 3.77. The molecule has 2 heterocycles. The zero-order chi connectivity index (χ0) is 9.80. The van der Waals surface area contributed by atoms with Crippen LogP contribution >= 0.6 is 12.4 Å². The fourth-order valence-electron chi connectivity index (χ4n) is 1.75. The molecule has 5 heteroatoms. The molecule has 2 rings (SSSR count). The Kier molecular flexibility index (Phi) is 4.65. The number of halogens is 1. The largest absolute Gasteiger partial charge is 0.316 e. The van der Waals surface area contributed by atoms with Gasteiger partial charge < -0.3 is 5.32 Å². The van der Waals surface area contributed by atoms with Gasteiger partial charge in [-0.05, 0) is 37.6 Å². The Morgan fingerprint density at radius 1 is 1.47 bits per heavy atom. The maximum absolute atomic E-state index is 11.5. The molecule has 1 fully saturated rings. The molecule has 0 aliphatic carbocycles. The maximum Gasteiger partial charge on any atom is 0.239 e. The van der Waals surface area contributed by atoms with Gasteiger partial charge in [-0.3, -0.25) is 14.9 Å². The molecule has 1 aromatic heterocycles. The highest BCUT2D eigenvalue weighted by molar-refractivity contribution is 5.85. The smallest absolute Gasteiger partial charge is 0.239 e. The van der Waals surface area contributed by atoms with E-state index in [1.165, 1.54) is 0 Å². The number of hydrogen-bond acceptors (Lipinski definition) is 2. The Hall–Kier alpha value is -1.00. The van der Waals surface area contributed by atoms with Crippen molar-refractivity contribution >= 4 is 18.3 Å². The van der Waals surface area contributed by atoms with Gasteiger partial charge in [0.25, 0.3) is 0 Å². The summed E-state index contributed by atoms with van der Waals surface area (Å²) in [6.07, 6.45) is 5.37. The first-order valence-electron chi connectivity index (χ1n) is 4.98. The summed E-state index contributed by atoms with van der Waals surface area (Å²) < 4.78 is 1.69. The summed E-state index contributed by atoms with van der Waals surface area (Å²) in [7, 11) is 0. The van der Waals surface area contributed by atoms with Crippen molar-refractivity contribution in [3.63, 3.8) is 0 Å². The second kappa shape index (κ2) is 5.78. The van der Waals surface area contributed by atoms with Crippen LogP contribution in [0.1, 0.15) is 12.8 Å². The average molecular weight is 230 g/mol. The average Bonchev–Trinajstić information content (AvgIpc) is 2.76. The molecule has 1 aliphatic heterocycles. The van der Waals surface area contributed by atoms with Crippen molar-refractivity contribution < 1.29 is 4.79 Å². The lowest BCUT2D eigenvalue weighted by molar-refractivity contribution is -0.117. The molecular formula is C10H16ClN3O. The predicted molar refractivity (Wildman–Crippen MR) is 61.6 cm³/mol. The van der Waals surface area contributed by atoms with E-state index >= 15 is 0 Å². The first-order chi connectivity index (χ1) is 6.84. The Labute approximate surface area is 95.4 Å². The summed E-state index contributed by atoms with van der Waals surface area (Å²) in [5, 5.41) is 3.25. The molecule has 0 spiro atoms. The Balaban J connectivity index is 0.00000112. The predicted octanol–water partition coefficient (Wildman–Crippen LogP) is 0.980. The monoisotopic (exact) mass is 229 g/mol. The Morgan fingerprint density at radius 2 is 2.20 bits per heavy atom. The second-order valence-electron chi connectivity index (χ2n) is 3.69. The van der Waals surface area contributed by atoms with Crippen molar-refractivity contribution in [1.29, 1.82) is 0 Å².